The van der Waals surface area contributed by atoms with Gasteiger partial charge >= 0.3 is 17.9 Å². The molecule has 23 nitrogen and oxygen atoms in total. The van der Waals surface area contributed by atoms with Crippen molar-refractivity contribution in [1.82, 2.24) is 10.2 Å². The summed E-state index contributed by atoms with van der Waals surface area (Å²) in [6.45, 7) is 6.58. The van der Waals surface area contributed by atoms with Crippen molar-refractivity contribution in [2.75, 3.05) is 100 Å². The lowest BCUT2D eigenvalue weighted by molar-refractivity contribution is -0.194. The topological polar surface area (TPSA) is 311 Å². The third kappa shape index (κ3) is 33.7. The molecule has 0 aromatic rings. The normalized spacial score (nSPS) is 14.9. The Morgan fingerprint density at radius 2 is 1.05 bits per heavy atom. The number of carboxylic acid groups (broad SMARTS) is 1. The fraction of sp³-hybridized carbons (Fsp3) is 0.805. The molecule has 6 unspecified atom stereocenters. The van der Waals surface area contributed by atoms with E-state index in [0.717, 1.165) is 4.90 Å². The molecule has 0 fully saturated rings. The molecule has 23 heteroatoms. The molecular weight excluding hydrogens is 856 g/mol. The molecule has 0 spiro atoms. The van der Waals surface area contributed by atoms with Crippen LogP contribution in [0.5, 0.6) is 0 Å². The monoisotopic (exact) mass is 930 g/mol. The van der Waals surface area contributed by atoms with Crippen LogP contribution >= 0.6 is 0 Å². The van der Waals surface area contributed by atoms with Crippen LogP contribution in [0.1, 0.15) is 78.6 Å². The number of aliphatic hydroxyl groups is 4. The van der Waals surface area contributed by atoms with Crippen LogP contribution in [0.3, 0.4) is 0 Å². The van der Waals surface area contributed by atoms with Gasteiger partial charge in [-0.2, -0.15) is 0 Å². The highest BCUT2D eigenvalue weighted by atomic mass is 16.7. The molecule has 0 aromatic carbocycles. The minimum atomic E-state index is -0.945. The van der Waals surface area contributed by atoms with E-state index in [0.29, 0.717) is 52.0 Å². The Balaban J connectivity index is 0. The Kier molecular flexibility index (Phi) is 40.9. The van der Waals surface area contributed by atoms with E-state index in [1.54, 1.807) is 0 Å². The molecule has 0 aliphatic carbocycles. The molecule has 6 atom stereocenters. The number of nitrogens with zero attached hydrogens (tertiary/aromatic N) is 1. The van der Waals surface area contributed by atoms with E-state index in [2.05, 4.69) is 5.32 Å². The van der Waals surface area contributed by atoms with E-state index in [9.17, 15) is 28.8 Å². The lowest BCUT2D eigenvalue weighted by atomic mass is 10.2. The Hall–Kier alpha value is -3.72. The minimum absolute atomic E-state index is 0.0416. The molecule has 0 aromatic heterocycles. The Morgan fingerprint density at radius 1 is 0.594 bits per heavy atom. The number of carboxylic acids is 1. The molecule has 0 bridgehead atoms. The minimum Gasteiger partial charge on any atom is -0.481 e. The number of amides is 3. The van der Waals surface area contributed by atoms with Crippen LogP contribution in [0, 0.1) is 0 Å². The molecule has 0 saturated carbocycles. The molecule has 3 amide bonds. The van der Waals surface area contributed by atoms with Crippen LogP contribution in [0.4, 0.5) is 0 Å². The number of carbonyl (C=O) groups is 6. The zero-order valence-electron chi connectivity index (χ0n) is 38.2. The summed E-state index contributed by atoms with van der Waals surface area (Å²) in [5.74, 6) is -2.74. The second-order valence-electron chi connectivity index (χ2n) is 13.4. The molecule has 64 heavy (non-hydrogen) atoms. The fourth-order valence-electron chi connectivity index (χ4n) is 4.69. The van der Waals surface area contributed by atoms with Gasteiger partial charge in [0, 0.05) is 65.7 Å². The average Bonchev–Trinajstić information content (AvgIpc) is 3.62. The molecule has 1 heterocycles. The number of carbonyl (C=O) groups excluding carboxylic acids is 5. The Morgan fingerprint density at radius 3 is 1.50 bits per heavy atom. The smallest absolute Gasteiger partial charge is 0.305 e. The highest BCUT2D eigenvalue weighted by Gasteiger charge is 2.23. The molecule has 374 valence electrons. The van der Waals surface area contributed by atoms with E-state index < -0.39 is 36.8 Å². The molecule has 1 rings (SSSR count). The first kappa shape index (κ1) is 62.4. The van der Waals surface area contributed by atoms with Crippen LogP contribution in [0.2, 0.25) is 0 Å². The van der Waals surface area contributed by atoms with Gasteiger partial charge in [-0.15, -0.1) is 0 Å². The number of hydrogen-bond acceptors (Lipinski definition) is 20. The van der Waals surface area contributed by atoms with E-state index in [1.165, 1.54) is 33.5 Å². The predicted molar refractivity (Wildman–Crippen MR) is 224 cm³/mol. The number of imide groups is 1. The SMILES string of the molecule is CCC(CO)OC(CO)OC.CCC(CO)OC(COC(=O)CCCC(=O)O)OC.CCC(COC(=O)CCCC(=O)NCCOCCOCCN1C(=O)C=CC1=O)OC(CO)OC. The van der Waals surface area contributed by atoms with E-state index in [-0.39, 0.29) is 121 Å². The third-order valence-corrected chi connectivity index (χ3v) is 8.56. The molecule has 1 aliphatic heterocycles. The van der Waals surface area contributed by atoms with Crippen molar-refractivity contribution in [3.63, 3.8) is 0 Å². The van der Waals surface area contributed by atoms with Gasteiger partial charge in [-0.1, -0.05) is 20.8 Å². The van der Waals surface area contributed by atoms with Gasteiger partial charge in [0.1, 0.15) is 13.2 Å². The Labute approximate surface area is 375 Å². The van der Waals surface area contributed by atoms with Gasteiger partial charge in [-0.3, -0.25) is 33.7 Å². The van der Waals surface area contributed by atoms with Crippen molar-refractivity contribution in [2.45, 2.75) is 116 Å². The van der Waals surface area contributed by atoms with Gasteiger partial charge in [0.15, 0.2) is 18.9 Å². The number of ether oxygens (including phenoxy) is 10. The molecule has 1 aliphatic rings. The van der Waals surface area contributed by atoms with E-state index in [4.69, 9.17) is 72.9 Å². The van der Waals surface area contributed by atoms with Gasteiger partial charge in [-0.05, 0) is 32.1 Å². The maximum atomic E-state index is 11.8. The summed E-state index contributed by atoms with van der Waals surface area (Å²) in [5, 5.41) is 46.5. The van der Waals surface area contributed by atoms with Gasteiger partial charge in [0.25, 0.3) is 11.8 Å². The predicted octanol–water partition coefficient (Wildman–Crippen LogP) is -0.182. The van der Waals surface area contributed by atoms with Gasteiger partial charge in [0.2, 0.25) is 5.91 Å². The lowest BCUT2D eigenvalue weighted by Crippen LogP contribution is -2.33. The first-order chi connectivity index (χ1) is 30.7. The lowest BCUT2D eigenvalue weighted by Gasteiger charge is -2.21. The molecule has 0 radical (unpaired) electrons. The summed E-state index contributed by atoms with van der Waals surface area (Å²) in [5.41, 5.74) is 0. The largest absolute Gasteiger partial charge is 0.481 e. The summed E-state index contributed by atoms with van der Waals surface area (Å²) >= 11 is 0. The maximum absolute atomic E-state index is 11.8. The van der Waals surface area contributed by atoms with Gasteiger partial charge in [0.05, 0.1) is 77.7 Å². The van der Waals surface area contributed by atoms with Crippen LogP contribution in [0.15, 0.2) is 12.2 Å². The number of nitrogens with one attached hydrogen (secondary N) is 1. The number of hydrogen-bond donors (Lipinski definition) is 6. The van der Waals surface area contributed by atoms with E-state index in [1.807, 2.05) is 20.8 Å². The van der Waals surface area contributed by atoms with Gasteiger partial charge in [-0.25, -0.2) is 0 Å². The highest BCUT2D eigenvalue weighted by molar-refractivity contribution is 6.12. The second-order valence-corrected chi connectivity index (χ2v) is 13.4. The highest BCUT2D eigenvalue weighted by Crippen LogP contribution is 2.08. The molecular formula is C41H74N2O21. The maximum Gasteiger partial charge on any atom is 0.305 e. The number of aliphatic carboxylic acids is 1. The summed E-state index contributed by atoms with van der Waals surface area (Å²) in [4.78, 5) is 69.0. The van der Waals surface area contributed by atoms with Crippen molar-refractivity contribution >= 4 is 35.6 Å². The van der Waals surface area contributed by atoms with Crippen LogP contribution in [0.25, 0.3) is 0 Å². The van der Waals surface area contributed by atoms with Crippen molar-refractivity contribution in [1.29, 1.82) is 0 Å². The zero-order valence-corrected chi connectivity index (χ0v) is 38.2. The second kappa shape index (κ2) is 41.9. The molecule has 0 saturated heterocycles. The first-order valence-electron chi connectivity index (χ1n) is 21.2. The van der Waals surface area contributed by atoms with Crippen molar-refractivity contribution in [3.8, 4) is 0 Å². The van der Waals surface area contributed by atoms with Crippen molar-refractivity contribution in [3.05, 3.63) is 12.2 Å². The first-order valence-corrected chi connectivity index (χ1v) is 21.2. The summed E-state index contributed by atoms with van der Waals surface area (Å²) in [7, 11) is 4.27. The summed E-state index contributed by atoms with van der Waals surface area (Å²) in [6.07, 6.45) is 2.10. The Bertz CT molecular complexity index is 1230. The number of rotatable bonds is 37. The van der Waals surface area contributed by atoms with Crippen LogP contribution in [-0.4, -0.2) is 204 Å². The van der Waals surface area contributed by atoms with Crippen LogP contribution < -0.4 is 5.32 Å². The van der Waals surface area contributed by atoms with E-state index >= 15 is 0 Å². The fourth-order valence-corrected chi connectivity index (χ4v) is 4.69. The number of aliphatic hydroxyl groups excluding tert-OH is 4. The summed E-state index contributed by atoms with van der Waals surface area (Å²) < 4.78 is 51.3. The quantitative estimate of drug-likeness (QED) is 0.0204. The number of methoxy groups -OCH3 is 3. The summed E-state index contributed by atoms with van der Waals surface area (Å²) in [6, 6.07) is 0. The average molecular weight is 931 g/mol. The number of esters is 2. The molecule has 6 N–H and O–H groups in total. The zero-order chi connectivity index (χ0) is 48.5. The van der Waals surface area contributed by atoms with Crippen molar-refractivity contribution in [2.24, 2.45) is 0 Å². The standard InChI is InChI=1S/C22H36N2O10.C12H22O7.C7H16O4/c1-3-17(34-22(15-25)30-2)16-33-21(29)6-4-5-18(26)23-9-11-31-13-14-32-12-10-24-19(27)7-8-20(24)28;1-3-9(7-13)19-12(17-2)8-18-11(16)6-4-5-10(14)15;1-3-6(4-8)11-7(5-9)10-2/h7-8,17,22,25H,3-6,9-16H2,1-2H3,(H,23,26);9,12-13H,3-8H2,1-2H3,(H,14,15);6-9H,3-5H2,1-2H3. The van der Waals surface area contributed by atoms with Crippen molar-refractivity contribution < 1.29 is 102 Å². The van der Waals surface area contributed by atoms with Crippen LogP contribution in [-0.2, 0) is 76.1 Å². The third-order valence-electron chi connectivity index (χ3n) is 8.56. The van der Waals surface area contributed by atoms with Gasteiger partial charge < -0.3 is 78.2 Å².